The van der Waals surface area contributed by atoms with Crippen LogP contribution < -0.4 is 10.5 Å². The maximum Gasteiger partial charge on any atom is 0.362 e. The van der Waals surface area contributed by atoms with Gasteiger partial charge in [-0.3, -0.25) is 13.5 Å². The van der Waals surface area contributed by atoms with Crippen molar-refractivity contribution in [3.8, 4) is 11.7 Å². The molecule has 46 heavy (non-hydrogen) atoms. The van der Waals surface area contributed by atoms with Crippen LogP contribution in [0.2, 0.25) is 0 Å². The number of phenols is 1. The summed E-state index contributed by atoms with van der Waals surface area (Å²) in [7, 11) is -4.70. The van der Waals surface area contributed by atoms with Crippen LogP contribution in [0.5, 0.6) is 5.75 Å². The second-order valence-electron chi connectivity index (χ2n) is 9.90. The summed E-state index contributed by atoms with van der Waals surface area (Å²) in [5, 5.41) is 47.6. The average molecular weight is 665 g/mol. The average Bonchev–Trinajstić information content (AvgIpc) is 3.76. The number of carbonyl (C=O) groups excluding carboxylic acids is 1. The number of aromatic hydroxyl groups is 1. The molecule has 1 amide bonds. The van der Waals surface area contributed by atoms with Crippen molar-refractivity contribution in [2.45, 2.75) is 51.9 Å². The van der Waals surface area contributed by atoms with Gasteiger partial charge in [0.25, 0.3) is 11.9 Å². The Labute approximate surface area is 263 Å². The lowest BCUT2D eigenvalue weighted by atomic mass is 10.1. The van der Waals surface area contributed by atoms with Crippen molar-refractivity contribution >= 4 is 33.2 Å². The summed E-state index contributed by atoms with van der Waals surface area (Å²) in [6, 6.07) is 5.28. The first kappa shape index (κ1) is 34.6. The lowest BCUT2D eigenvalue weighted by molar-refractivity contribution is -0.0468. The van der Waals surface area contributed by atoms with Crippen LogP contribution in [0, 0.1) is 0 Å². The number of hydrogen-bond donors (Lipinski definition) is 6. The summed E-state index contributed by atoms with van der Waals surface area (Å²) < 4.78 is 39.0. The third kappa shape index (κ3) is 7.73. The molecule has 0 aliphatic carbocycles. The van der Waals surface area contributed by atoms with Gasteiger partial charge in [0.15, 0.2) is 17.7 Å². The number of nitrogens with two attached hydrogens (primary N) is 1. The normalized spacial score (nSPS) is 19.7. The molecule has 0 unspecified atom stereocenters. The van der Waals surface area contributed by atoms with Gasteiger partial charge in [-0.15, -0.1) is 5.10 Å². The van der Waals surface area contributed by atoms with E-state index in [1.807, 2.05) is 0 Å². The fourth-order valence-electron chi connectivity index (χ4n) is 4.47. The Morgan fingerprint density at radius 1 is 1.13 bits per heavy atom. The molecule has 0 spiro atoms. The Balaban J connectivity index is 0.000000617. The molecule has 3 aromatic heterocycles. The number of amides is 1. The SMILES string of the molecule is CCN(CC)CC.Nc1nc(-n2cc(CO)nn2)nc2c1ncn2[C@@H]1O[C@H](COS(=O)(=O)NC(=O)c2ccccc2O)[C@@H](O)[C@H]1O. The summed E-state index contributed by atoms with van der Waals surface area (Å²) >= 11 is 0. The predicted octanol–water partition coefficient (Wildman–Crippen LogP) is -1.15. The second-order valence-corrected chi connectivity index (χ2v) is 11.2. The number of aliphatic hydroxyl groups excluding tert-OH is 3. The van der Waals surface area contributed by atoms with Crippen molar-refractivity contribution in [1.82, 2.24) is 44.1 Å². The number of rotatable bonds is 11. The van der Waals surface area contributed by atoms with Crippen LogP contribution in [0.1, 0.15) is 43.1 Å². The zero-order valence-corrected chi connectivity index (χ0v) is 26.0. The molecule has 1 aromatic carbocycles. The van der Waals surface area contributed by atoms with Crippen molar-refractivity contribution in [2.24, 2.45) is 0 Å². The largest absolute Gasteiger partial charge is 0.507 e. The molecule has 0 bridgehead atoms. The first-order chi connectivity index (χ1) is 21.9. The summed E-state index contributed by atoms with van der Waals surface area (Å²) in [5.41, 5.74) is 6.16. The minimum absolute atomic E-state index is 0.0341. The molecule has 250 valence electrons. The summed E-state index contributed by atoms with van der Waals surface area (Å²) in [6.45, 7) is 8.98. The van der Waals surface area contributed by atoms with E-state index in [0.29, 0.717) is 0 Å². The standard InChI is InChI=1S/C20H21N9O9S.C6H15N/c21-16-13-17(24-20(23-16)29-5-9(6-30)25-27-29)28(8-22-13)19-15(33)14(32)12(38-19)7-37-39(35,36)26-18(34)10-3-1-2-4-11(10)31;1-4-7(5-2)6-3/h1-5,8,12,14-15,19,30-33H,6-7H2,(H,26,34)(H2,21,23,24);4-6H2,1-3H3/t12-,14-,15-,19-;/m1./s1. The predicted molar refractivity (Wildman–Crippen MR) is 160 cm³/mol. The zero-order valence-electron chi connectivity index (χ0n) is 25.2. The van der Waals surface area contributed by atoms with Gasteiger partial charge in [0, 0.05) is 0 Å². The number of ether oxygens (including phenoxy) is 1. The number of fused-ring (bicyclic) bond motifs is 1. The summed E-state index contributed by atoms with van der Waals surface area (Å²) in [4.78, 5) is 27.1. The van der Waals surface area contributed by atoms with E-state index in [-0.39, 0.29) is 40.8 Å². The molecular formula is C26H36N10O9S. The Bertz CT molecular complexity index is 1740. The molecule has 1 aliphatic rings. The van der Waals surface area contributed by atoms with E-state index in [9.17, 15) is 33.6 Å². The number of nitrogens with one attached hydrogen (secondary N) is 1. The number of nitrogen functional groups attached to an aromatic ring is 1. The van der Waals surface area contributed by atoms with Crippen LogP contribution in [-0.2, 0) is 25.8 Å². The number of aromatic nitrogens is 7. The highest BCUT2D eigenvalue weighted by atomic mass is 32.2. The number of para-hydroxylation sites is 1. The molecule has 1 aliphatic heterocycles. The zero-order chi connectivity index (χ0) is 33.6. The van der Waals surface area contributed by atoms with E-state index in [2.05, 4.69) is 50.9 Å². The van der Waals surface area contributed by atoms with Crippen molar-refractivity contribution in [3.05, 3.63) is 48.0 Å². The molecule has 4 aromatic rings. The lowest BCUT2D eigenvalue weighted by Crippen LogP contribution is -2.37. The second kappa shape index (κ2) is 14.9. The number of carbonyl (C=O) groups is 1. The third-order valence-corrected chi connectivity index (χ3v) is 7.93. The van der Waals surface area contributed by atoms with Crippen LogP contribution >= 0.6 is 0 Å². The van der Waals surface area contributed by atoms with Gasteiger partial charge in [0.2, 0.25) is 0 Å². The molecule has 20 heteroatoms. The van der Waals surface area contributed by atoms with E-state index < -0.39 is 53.1 Å². The molecular weight excluding hydrogens is 628 g/mol. The highest BCUT2D eigenvalue weighted by Crippen LogP contribution is 2.32. The maximum absolute atomic E-state index is 12.3. The van der Waals surface area contributed by atoms with Crippen molar-refractivity contribution in [2.75, 3.05) is 32.0 Å². The molecule has 4 atom stereocenters. The van der Waals surface area contributed by atoms with Gasteiger partial charge >= 0.3 is 10.3 Å². The molecule has 5 rings (SSSR count). The molecule has 4 heterocycles. The lowest BCUT2D eigenvalue weighted by Gasteiger charge is -2.16. The van der Waals surface area contributed by atoms with E-state index >= 15 is 0 Å². The minimum Gasteiger partial charge on any atom is -0.507 e. The Morgan fingerprint density at radius 3 is 2.43 bits per heavy atom. The number of hydrogen-bond acceptors (Lipinski definition) is 16. The number of nitrogens with zero attached hydrogens (tertiary/aromatic N) is 8. The highest BCUT2D eigenvalue weighted by molar-refractivity contribution is 7.85. The van der Waals surface area contributed by atoms with Crippen molar-refractivity contribution in [3.63, 3.8) is 0 Å². The van der Waals surface area contributed by atoms with E-state index in [0.717, 1.165) is 4.68 Å². The first-order valence-corrected chi connectivity index (χ1v) is 15.6. The third-order valence-electron chi connectivity index (χ3n) is 7.05. The van der Waals surface area contributed by atoms with Gasteiger partial charge in [-0.05, 0) is 31.8 Å². The number of imidazole rings is 1. The Morgan fingerprint density at radius 2 is 1.83 bits per heavy atom. The topological polar surface area (TPSA) is 266 Å². The smallest absolute Gasteiger partial charge is 0.362 e. The molecule has 1 saturated heterocycles. The minimum atomic E-state index is -4.70. The number of benzene rings is 1. The quantitative estimate of drug-likeness (QED) is 0.110. The van der Waals surface area contributed by atoms with Gasteiger partial charge < -0.3 is 35.8 Å². The van der Waals surface area contributed by atoms with Crippen LogP contribution in [0.25, 0.3) is 17.1 Å². The van der Waals surface area contributed by atoms with Crippen LogP contribution in [0.3, 0.4) is 0 Å². The Kier molecular flexibility index (Phi) is 11.2. The van der Waals surface area contributed by atoms with Crippen LogP contribution in [-0.4, -0.2) is 119 Å². The molecule has 7 N–H and O–H groups in total. The van der Waals surface area contributed by atoms with Crippen LogP contribution in [0.15, 0.2) is 36.8 Å². The fourth-order valence-corrected chi connectivity index (χ4v) is 5.18. The van der Waals surface area contributed by atoms with E-state index in [1.54, 1.807) is 4.72 Å². The molecule has 1 fully saturated rings. The monoisotopic (exact) mass is 664 g/mol. The van der Waals surface area contributed by atoms with Gasteiger partial charge in [-0.2, -0.15) is 23.1 Å². The maximum atomic E-state index is 12.3. The molecule has 0 radical (unpaired) electrons. The van der Waals surface area contributed by atoms with Crippen molar-refractivity contribution < 1.29 is 42.6 Å². The van der Waals surface area contributed by atoms with E-state index in [4.69, 9.17) is 14.7 Å². The summed E-state index contributed by atoms with van der Waals surface area (Å²) in [6.07, 6.45) is -3.26. The fraction of sp³-hybridized carbons (Fsp3) is 0.462. The van der Waals surface area contributed by atoms with Gasteiger partial charge in [-0.25, -0.2) is 9.71 Å². The van der Waals surface area contributed by atoms with E-state index in [1.165, 1.54) is 61.0 Å². The number of aliphatic hydroxyl groups is 3. The Hall–Kier alpha value is -4.31. The van der Waals surface area contributed by atoms with Gasteiger partial charge in [-0.1, -0.05) is 38.1 Å². The van der Waals surface area contributed by atoms with Gasteiger partial charge in [0.1, 0.15) is 35.3 Å². The van der Waals surface area contributed by atoms with Gasteiger partial charge in [0.05, 0.1) is 31.3 Å². The first-order valence-electron chi connectivity index (χ1n) is 14.2. The summed E-state index contributed by atoms with van der Waals surface area (Å²) in [5.74, 6) is -1.67. The van der Waals surface area contributed by atoms with Crippen LogP contribution in [0.4, 0.5) is 5.82 Å². The number of anilines is 1. The molecule has 0 saturated carbocycles. The van der Waals surface area contributed by atoms with Crippen molar-refractivity contribution in [1.29, 1.82) is 0 Å². The number of phenolic OH excluding ortho intramolecular Hbond substituents is 1. The molecule has 19 nitrogen and oxygen atoms in total. The highest BCUT2D eigenvalue weighted by Gasteiger charge is 2.45.